The first kappa shape index (κ1) is 16.4. The number of halogens is 2. The van der Waals surface area contributed by atoms with Crippen molar-refractivity contribution in [1.29, 1.82) is 0 Å². The van der Waals surface area contributed by atoms with Gasteiger partial charge in [-0.1, -0.05) is 68.6 Å². The summed E-state index contributed by atoms with van der Waals surface area (Å²) in [7, 11) is -0.470. The molecule has 0 bridgehead atoms. The molecule has 0 nitrogen and oxygen atoms in total. The predicted molar refractivity (Wildman–Crippen MR) is 89.7 cm³/mol. The van der Waals surface area contributed by atoms with Crippen molar-refractivity contribution in [2.45, 2.75) is 63.1 Å². The minimum absolute atomic E-state index is 0.0299. The SMILES string of the molecule is CCCCC[SiH]1CCC(c2ccc(/C(F)=C/F)cc2)CC1. The molecule has 0 amide bonds. The number of rotatable bonds is 6. The zero-order valence-corrected chi connectivity index (χ0v) is 14.1. The third kappa shape index (κ3) is 4.77. The maximum Gasteiger partial charge on any atom is 0.158 e. The maximum atomic E-state index is 13.1. The van der Waals surface area contributed by atoms with Crippen LogP contribution in [0.15, 0.2) is 30.6 Å². The third-order valence-electron chi connectivity index (χ3n) is 4.82. The summed E-state index contributed by atoms with van der Waals surface area (Å²) in [6, 6.07) is 11.8. The molecule has 1 aromatic rings. The summed E-state index contributed by atoms with van der Waals surface area (Å²) in [4.78, 5) is 0. The summed E-state index contributed by atoms with van der Waals surface area (Å²) in [5, 5.41) is 0. The molecule has 0 N–H and O–H groups in total. The van der Waals surface area contributed by atoms with Crippen LogP contribution in [0.25, 0.3) is 5.83 Å². The first-order valence-electron chi connectivity index (χ1n) is 8.30. The maximum absolute atomic E-state index is 13.1. The van der Waals surface area contributed by atoms with Crippen LogP contribution in [0.2, 0.25) is 18.1 Å². The van der Waals surface area contributed by atoms with Crippen LogP contribution in [0.3, 0.4) is 0 Å². The fourth-order valence-corrected chi connectivity index (χ4v) is 6.92. The van der Waals surface area contributed by atoms with Gasteiger partial charge in [-0.2, -0.15) is 0 Å². The minimum Gasteiger partial charge on any atom is -0.212 e. The molecule has 0 atom stereocenters. The smallest absolute Gasteiger partial charge is 0.158 e. The van der Waals surface area contributed by atoms with Crippen LogP contribution in [-0.2, 0) is 0 Å². The number of hydrogen-bond donors (Lipinski definition) is 0. The monoisotopic (exact) mass is 308 g/mol. The van der Waals surface area contributed by atoms with Gasteiger partial charge in [0.05, 0.1) is 0 Å². The molecular formula is C18H26F2Si. The van der Waals surface area contributed by atoms with Gasteiger partial charge in [-0.05, 0) is 24.3 Å². The Morgan fingerprint density at radius 3 is 2.43 bits per heavy atom. The molecule has 3 heteroatoms. The second-order valence-corrected chi connectivity index (χ2v) is 9.76. The summed E-state index contributed by atoms with van der Waals surface area (Å²) in [6.45, 7) is 2.27. The molecule has 1 fully saturated rings. The molecule has 1 heterocycles. The van der Waals surface area contributed by atoms with E-state index >= 15 is 0 Å². The molecule has 0 unspecified atom stereocenters. The van der Waals surface area contributed by atoms with Gasteiger partial charge < -0.3 is 0 Å². The lowest BCUT2D eigenvalue weighted by Gasteiger charge is -2.28. The molecule has 1 aliphatic rings. The molecular weight excluding hydrogens is 282 g/mol. The van der Waals surface area contributed by atoms with Crippen LogP contribution in [0, 0.1) is 0 Å². The van der Waals surface area contributed by atoms with Crippen LogP contribution < -0.4 is 0 Å². The van der Waals surface area contributed by atoms with Gasteiger partial charge in [0.25, 0.3) is 0 Å². The van der Waals surface area contributed by atoms with E-state index in [2.05, 4.69) is 6.92 Å². The molecule has 0 spiro atoms. The van der Waals surface area contributed by atoms with Gasteiger partial charge >= 0.3 is 0 Å². The molecule has 2 rings (SSSR count). The van der Waals surface area contributed by atoms with Crippen LogP contribution in [-0.4, -0.2) is 8.80 Å². The fraction of sp³-hybridized carbons (Fsp3) is 0.556. The van der Waals surface area contributed by atoms with E-state index in [4.69, 9.17) is 0 Å². The van der Waals surface area contributed by atoms with Gasteiger partial charge in [0.15, 0.2) is 5.83 Å². The average molecular weight is 308 g/mol. The van der Waals surface area contributed by atoms with E-state index in [1.165, 1.54) is 55.8 Å². The largest absolute Gasteiger partial charge is 0.212 e. The van der Waals surface area contributed by atoms with Crippen molar-refractivity contribution >= 4 is 14.6 Å². The molecule has 1 saturated heterocycles. The molecule has 116 valence electrons. The second-order valence-electron chi connectivity index (χ2n) is 6.29. The van der Waals surface area contributed by atoms with Crippen LogP contribution in [0.4, 0.5) is 8.78 Å². The lowest BCUT2D eigenvalue weighted by molar-refractivity contribution is 0.603. The van der Waals surface area contributed by atoms with Crippen molar-refractivity contribution in [3.05, 3.63) is 41.7 Å². The van der Waals surface area contributed by atoms with E-state index < -0.39 is 14.6 Å². The molecule has 21 heavy (non-hydrogen) atoms. The molecule has 1 aliphatic heterocycles. The van der Waals surface area contributed by atoms with Gasteiger partial charge in [-0.3, -0.25) is 0 Å². The third-order valence-corrected chi connectivity index (χ3v) is 8.34. The Morgan fingerprint density at radius 1 is 1.19 bits per heavy atom. The normalized spacial score (nSPS) is 23.3. The molecule has 0 aliphatic carbocycles. The lowest BCUT2D eigenvalue weighted by Crippen LogP contribution is -2.20. The number of unbranched alkanes of at least 4 members (excludes halogenated alkanes) is 2. The second kappa shape index (κ2) is 8.47. The summed E-state index contributed by atoms with van der Waals surface area (Å²) in [5.74, 6) is -0.153. The van der Waals surface area contributed by atoms with E-state index in [0.29, 0.717) is 11.5 Å². The van der Waals surface area contributed by atoms with Crippen molar-refractivity contribution in [1.82, 2.24) is 0 Å². The van der Waals surface area contributed by atoms with Crippen molar-refractivity contribution in [2.75, 3.05) is 0 Å². The van der Waals surface area contributed by atoms with E-state index in [1.54, 1.807) is 12.1 Å². The molecule has 0 radical (unpaired) electrons. The van der Waals surface area contributed by atoms with Gasteiger partial charge in [0.1, 0.15) is 6.33 Å². The van der Waals surface area contributed by atoms with E-state index in [-0.39, 0.29) is 6.33 Å². The van der Waals surface area contributed by atoms with Gasteiger partial charge in [-0.15, -0.1) is 0 Å². The van der Waals surface area contributed by atoms with Gasteiger partial charge in [-0.25, -0.2) is 8.78 Å². The minimum atomic E-state index is -0.784. The first-order valence-corrected chi connectivity index (χ1v) is 10.8. The Balaban J connectivity index is 1.84. The highest BCUT2D eigenvalue weighted by atomic mass is 28.3. The Kier molecular flexibility index (Phi) is 6.62. The zero-order valence-electron chi connectivity index (χ0n) is 13.0. The predicted octanol–water partition coefficient (Wildman–Crippen LogP) is 6.22. The molecule has 1 aromatic carbocycles. The Hall–Kier alpha value is -0.963. The highest BCUT2D eigenvalue weighted by molar-refractivity contribution is 6.59. The van der Waals surface area contributed by atoms with Gasteiger partial charge in [0, 0.05) is 14.4 Å². The van der Waals surface area contributed by atoms with Crippen LogP contribution in [0.5, 0.6) is 0 Å². The van der Waals surface area contributed by atoms with Crippen molar-refractivity contribution < 1.29 is 8.78 Å². The quantitative estimate of drug-likeness (QED) is 0.432. The Labute approximate surface area is 128 Å². The van der Waals surface area contributed by atoms with E-state index in [1.807, 2.05) is 12.1 Å². The number of hydrogen-bond acceptors (Lipinski definition) is 0. The summed E-state index contributed by atoms with van der Waals surface area (Å²) >= 11 is 0. The first-order chi connectivity index (χ1) is 10.2. The van der Waals surface area contributed by atoms with Crippen LogP contribution in [0.1, 0.15) is 56.1 Å². The van der Waals surface area contributed by atoms with Crippen LogP contribution >= 0.6 is 0 Å². The highest BCUT2D eigenvalue weighted by Crippen LogP contribution is 2.35. The van der Waals surface area contributed by atoms with Gasteiger partial charge in [0.2, 0.25) is 0 Å². The summed E-state index contributed by atoms with van der Waals surface area (Å²) < 4.78 is 25.3. The Morgan fingerprint density at radius 2 is 1.86 bits per heavy atom. The van der Waals surface area contributed by atoms with E-state index in [9.17, 15) is 8.78 Å². The molecule has 0 aromatic heterocycles. The van der Waals surface area contributed by atoms with Crippen molar-refractivity contribution in [3.63, 3.8) is 0 Å². The van der Waals surface area contributed by atoms with Crippen molar-refractivity contribution in [2.24, 2.45) is 0 Å². The number of benzene rings is 1. The average Bonchev–Trinajstić information content (AvgIpc) is 2.55. The standard InChI is InChI=1S/C18H26F2Si/c1-2-3-4-11-21-12-9-16(10-13-21)15-5-7-17(8-6-15)18(20)14-19/h5-8,14,16,21H,2-4,9-13H2,1H3/b18-14-. The Bertz CT molecular complexity index is 445. The topological polar surface area (TPSA) is 0 Å². The highest BCUT2D eigenvalue weighted by Gasteiger charge is 2.22. The zero-order chi connectivity index (χ0) is 15.1. The van der Waals surface area contributed by atoms with Crippen molar-refractivity contribution in [3.8, 4) is 0 Å². The summed E-state index contributed by atoms with van der Waals surface area (Å²) in [6.07, 6.45) is 6.76. The van der Waals surface area contributed by atoms with E-state index in [0.717, 1.165) is 0 Å². The fourth-order valence-electron chi connectivity index (χ4n) is 3.44. The molecule has 0 saturated carbocycles. The lowest BCUT2D eigenvalue weighted by atomic mass is 9.93. The summed E-state index contributed by atoms with van der Waals surface area (Å²) in [5.41, 5.74) is 1.63.